The molecule has 1 aliphatic heterocycles. The Balaban J connectivity index is 1.60. The van der Waals surface area contributed by atoms with Crippen molar-refractivity contribution >= 4 is 33.9 Å². The van der Waals surface area contributed by atoms with Crippen molar-refractivity contribution < 1.29 is 9.53 Å². The van der Waals surface area contributed by atoms with Crippen LogP contribution in [0.15, 0.2) is 24.3 Å². The van der Waals surface area contributed by atoms with Gasteiger partial charge in [0.25, 0.3) is 5.91 Å². The zero-order chi connectivity index (χ0) is 19.8. The Bertz CT molecular complexity index is 1050. The Labute approximate surface area is 169 Å². The number of nitrogens with zero attached hydrogens (tertiary/aromatic N) is 3. The molecule has 5 rings (SSSR count). The molecule has 1 saturated carbocycles. The van der Waals surface area contributed by atoms with Crippen LogP contribution in [0, 0.1) is 0 Å². The molecule has 7 nitrogen and oxygen atoms in total. The molecule has 3 heterocycles. The summed E-state index contributed by atoms with van der Waals surface area (Å²) in [6.07, 6.45) is 7.80. The number of anilines is 1. The number of benzene rings is 1. The van der Waals surface area contributed by atoms with Crippen molar-refractivity contribution in [1.29, 1.82) is 0 Å². The van der Waals surface area contributed by atoms with Gasteiger partial charge < -0.3 is 20.4 Å². The fraction of sp³-hybridized carbons (Fsp3) is 0.500. The number of para-hydroxylation sites is 2. The van der Waals surface area contributed by atoms with Crippen LogP contribution in [0.5, 0.6) is 0 Å². The van der Waals surface area contributed by atoms with E-state index in [0.717, 1.165) is 49.0 Å². The maximum absolute atomic E-state index is 13.1. The summed E-state index contributed by atoms with van der Waals surface area (Å²) in [4.78, 5) is 22.8. The molecule has 3 N–H and O–H groups in total. The average Bonchev–Trinajstić information content (AvgIpc) is 3.36. The molecule has 0 radical (unpaired) electrons. The summed E-state index contributed by atoms with van der Waals surface area (Å²) >= 11 is 0. The van der Waals surface area contributed by atoms with Gasteiger partial charge in [-0.2, -0.15) is 0 Å². The molecule has 2 fully saturated rings. The number of ether oxygens (including phenoxy) is 1. The fourth-order valence-corrected chi connectivity index (χ4v) is 4.72. The number of carbonyl (C=O) groups excluding carboxylic acids is 1. The van der Waals surface area contributed by atoms with Crippen molar-refractivity contribution in [3.8, 4) is 0 Å². The van der Waals surface area contributed by atoms with Gasteiger partial charge in [0.1, 0.15) is 16.9 Å². The van der Waals surface area contributed by atoms with Crippen LogP contribution in [-0.2, 0) is 4.74 Å². The number of amides is 1. The van der Waals surface area contributed by atoms with Crippen molar-refractivity contribution in [2.75, 3.05) is 18.9 Å². The van der Waals surface area contributed by atoms with E-state index in [2.05, 4.69) is 9.88 Å². The lowest BCUT2D eigenvalue weighted by atomic mass is 9.95. The minimum atomic E-state index is -0.192. The highest BCUT2D eigenvalue weighted by atomic mass is 16.5. The number of nitrogen functional groups attached to an aromatic ring is 1. The van der Waals surface area contributed by atoms with Crippen LogP contribution in [0.1, 0.15) is 61.3 Å². The van der Waals surface area contributed by atoms with Gasteiger partial charge in [-0.1, -0.05) is 31.4 Å². The average molecular weight is 393 g/mol. The molecule has 152 valence electrons. The predicted octanol–water partition coefficient (Wildman–Crippen LogP) is 3.58. The third-order valence-corrected chi connectivity index (χ3v) is 6.21. The number of hydrogen-bond acceptors (Lipinski definition) is 5. The largest absolute Gasteiger partial charge is 0.384 e. The maximum Gasteiger partial charge on any atom is 0.257 e. The molecule has 1 aliphatic carbocycles. The SMILES string of the molecule is Nc1c(C(=O)NC[C@@H]2CCCO2)c2nc3ccccc3nc2n1C1CCCCC1. The molecule has 1 aromatic carbocycles. The number of carbonyl (C=O) groups is 1. The van der Waals surface area contributed by atoms with Gasteiger partial charge in [-0.25, -0.2) is 9.97 Å². The van der Waals surface area contributed by atoms with Crippen molar-refractivity contribution in [3.05, 3.63) is 29.8 Å². The molecule has 3 aromatic rings. The molecule has 7 heteroatoms. The predicted molar refractivity (Wildman–Crippen MR) is 113 cm³/mol. The number of rotatable bonds is 4. The highest BCUT2D eigenvalue weighted by Gasteiger charge is 2.29. The minimum Gasteiger partial charge on any atom is -0.384 e. The topological polar surface area (TPSA) is 95.1 Å². The first kappa shape index (κ1) is 18.4. The summed E-state index contributed by atoms with van der Waals surface area (Å²) in [5.74, 6) is 0.286. The van der Waals surface area contributed by atoms with Gasteiger partial charge in [-0.05, 0) is 37.8 Å². The van der Waals surface area contributed by atoms with E-state index >= 15 is 0 Å². The number of hydrogen-bond donors (Lipinski definition) is 2. The molecule has 29 heavy (non-hydrogen) atoms. The van der Waals surface area contributed by atoms with E-state index < -0.39 is 0 Å². The van der Waals surface area contributed by atoms with E-state index in [0.29, 0.717) is 23.4 Å². The second-order valence-corrected chi connectivity index (χ2v) is 8.15. The lowest BCUT2D eigenvalue weighted by Gasteiger charge is -2.25. The van der Waals surface area contributed by atoms with Crippen LogP contribution in [0.2, 0.25) is 0 Å². The van der Waals surface area contributed by atoms with Crippen LogP contribution in [0.4, 0.5) is 5.82 Å². The maximum atomic E-state index is 13.1. The Hall–Kier alpha value is -2.67. The van der Waals surface area contributed by atoms with Crippen LogP contribution >= 0.6 is 0 Å². The van der Waals surface area contributed by atoms with Crippen LogP contribution < -0.4 is 11.1 Å². The second kappa shape index (κ2) is 7.63. The smallest absolute Gasteiger partial charge is 0.257 e. The van der Waals surface area contributed by atoms with Gasteiger partial charge in [0.05, 0.1) is 17.1 Å². The lowest BCUT2D eigenvalue weighted by Crippen LogP contribution is -2.32. The van der Waals surface area contributed by atoms with E-state index in [-0.39, 0.29) is 18.1 Å². The van der Waals surface area contributed by atoms with Gasteiger partial charge in [0.2, 0.25) is 0 Å². The standard InChI is InChI=1S/C22H27N5O2/c23-20-18(22(28)24-13-15-9-6-12-29-15)19-21(27(20)14-7-2-1-3-8-14)26-17-11-5-4-10-16(17)25-19/h4-5,10-11,14-15H,1-3,6-9,12-13,23H2,(H,24,28)/t15-/m0/s1. The zero-order valence-electron chi connectivity index (χ0n) is 16.6. The zero-order valence-corrected chi connectivity index (χ0v) is 16.6. The van der Waals surface area contributed by atoms with Crippen LogP contribution in [0.3, 0.4) is 0 Å². The molecular weight excluding hydrogens is 366 g/mol. The Morgan fingerprint density at radius 1 is 1.10 bits per heavy atom. The van der Waals surface area contributed by atoms with E-state index in [1.807, 2.05) is 24.3 Å². The van der Waals surface area contributed by atoms with Gasteiger partial charge >= 0.3 is 0 Å². The summed E-state index contributed by atoms with van der Waals surface area (Å²) < 4.78 is 7.70. The summed E-state index contributed by atoms with van der Waals surface area (Å²) in [6.45, 7) is 1.26. The normalized spacial score (nSPS) is 20.5. The van der Waals surface area contributed by atoms with Crippen LogP contribution in [0.25, 0.3) is 22.2 Å². The highest BCUT2D eigenvalue weighted by Crippen LogP contribution is 2.37. The molecule has 1 saturated heterocycles. The molecule has 0 spiro atoms. The van der Waals surface area contributed by atoms with E-state index in [4.69, 9.17) is 20.4 Å². The van der Waals surface area contributed by atoms with Crippen molar-refractivity contribution in [2.24, 2.45) is 0 Å². The Morgan fingerprint density at radius 3 is 2.59 bits per heavy atom. The van der Waals surface area contributed by atoms with E-state index in [1.54, 1.807) is 0 Å². The molecule has 0 unspecified atom stereocenters. The molecular formula is C22H27N5O2. The first-order valence-electron chi connectivity index (χ1n) is 10.7. The quantitative estimate of drug-likeness (QED) is 0.706. The number of aromatic nitrogens is 3. The van der Waals surface area contributed by atoms with Crippen molar-refractivity contribution in [2.45, 2.75) is 57.1 Å². The molecule has 1 atom stereocenters. The van der Waals surface area contributed by atoms with E-state index in [1.165, 1.54) is 19.3 Å². The third-order valence-electron chi connectivity index (χ3n) is 6.21. The summed E-state index contributed by atoms with van der Waals surface area (Å²) in [5.41, 5.74) is 9.94. The molecule has 1 amide bonds. The summed E-state index contributed by atoms with van der Waals surface area (Å²) in [6, 6.07) is 8.02. The lowest BCUT2D eigenvalue weighted by molar-refractivity contribution is 0.0859. The van der Waals surface area contributed by atoms with Gasteiger partial charge in [-0.3, -0.25) is 4.79 Å². The minimum absolute atomic E-state index is 0.0822. The molecule has 0 bridgehead atoms. The Kier molecular flexibility index (Phi) is 4.83. The monoisotopic (exact) mass is 393 g/mol. The number of fused-ring (bicyclic) bond motifs is 2. The van der Waals surface area contributed by atoms with E-state index in [9.17, 15) is 4.79 Å². The van der Waals surface area contributed by atoms with Crippen molar-refractivity contribution in [3.63, 3.8) is 0 Å². The van der Waals surface area contributed by atoms with Gasteiger partial charge in [0, 0.05) is 19.2 Å². The first-order valence-corrected chi connectivity index (χ1v) is 10.7. The van der Waals surface area contributed by atoms with Gasteiger partial charge in [-0.15, -0.1) is 0 Å². The third kappa shape index (κ3) is 3.33. The summed E-state index contributed by atoms with van der Waals surface area (Å²) in [5, 5.41) is 3.01. The summed E-state index contributed by atoms with van der Waals surface area (Å²) in [7, 11) is 0. The number of nitrogens with one attached hydrogen (secondary N) is 1. The second-order valence-electron chi connectivity index (χ2n) is 8.15. The highest BCUT2D eigenvalue weighted by molar-refractivity contribution is 6.10. The van der Waals surface area contributed by atoms with Gasteiger partial charge in [0.15, 0.2) is 5.65 Å². The number of nitrogens with two attached hydrogens (primary N) is 1. The van der Waals surface area contributed by atoms with Crippen LogP contribution in [-0.4, -0.2) is 39.7 Å². The Morgan fingerprint density at radius 2 is 1.86 bits per heavy atom. The van der Waals surface area contributed by atoms with Crippen molar-refractivity contribution in [1.82, 2.24) is 19.9 Å². The molecule has 2 aromatic heterocycles. The molecule has 2 aliphatic rings. The fourth-order valence-electron chi connectivity index (χ4n) is 4.72. The first-order chi connectivity index (χ1) is 14.2.